The maximum absolute atomic E-state index is 13.0. The Hall–Kier alpha value is -2.04. The van der Waals surface area contributed by atoms with Crippen LogP contribution in [0.5, 0.6) is 0 Å². The van der Waals surface area contributed by atoms with Gasteiger partial charge in [0.15, 0.2) is 0 Å². The first-order chi connectivity index (χ1) is 12.2. The Kier molecular flexibility index (Phi) is 4.40. The summed E-state index contributed by atoms with van der Waals surface area (Å²) in [7, 11) is 0. The number of benzene rings is 1. The third-order valence-electron chi connectivity index (χ3n) is 5.86. The van der Waals surface area contributed by atoms with E-state index in [4.69, 9.17) is 0 Å². The van der Waals surface area contributed by atoms with Crippen molar-refractivity contribution in [3.8, 4) is 0 Å². The molecule has 1 atom stereocenters. The lowest BCUT2D eigenvalue weighted by atomic mass is 10.0. The molecule has 0 saturated carbocycles. The second-order valence-corrected chi connectivity index (χ2v) is 7.35. The fraction of sp³-hybridized carbons (Fsp3) is 0.600. The summed E-state index contributed by atoms with van der Waals surface area (Å²) in [5.41, 5.74) is 2.41. The van der Waals surface area contributed by atoms with Crippen LogP contribution in [0.2, 0.25) is 0 Å². The van der Waals surface area contributed by atoms with E-state index in [0.717, 1.165) is 69.5 Å². The Balaban J connectivity index is 1.71. The Morgan fingerprint density at radius 2 is 1.84 bits per heavy atom. The fourth-order valence-corrected chi connectivity index (χ4v) is 4.53. The van der Waals surface area contributed by atoms with Crippen LogP contribution in [0.3, 0.4) is 0 Å². The van der Waals surface area contributed by atoms with E-state index in [9.17, 15) is 9.59 Å². The van der Waals surface area contributed by atoms with Gasteiger partial charge in [-0.05, 0) is 57.2 Å². The number of rotatable bonds is 2. The van der Waals surface area contributed by atoms with Crippen LogP contribution in [0.15, 0.2) is 18.2 Å². The number of fused-ring (bicyclic) bond motifs is 2. The van der Waals surface area contributed by atoms with Gasteiger partial charge in [-0.3, -0.25) is 9.59 Å². The standard InChI is InChI=1S/C20H27N3O2/c1-2-22-17-14-15(19(24)21-11-6-7-12-21)9-10-16(17)20(25)23-13-5-3-4-8-18(22)23/h9-10,14,18H,2-8,11-13H2,1H3. The van der Waals surface area contributed by atoms with Crippen molar-refractivity contribution in [2.24, 2.45) is 0 Å². The quantitative estimate of drug-likeness (QED) is 0.830. The molecule has 134 valence electrons. The molecule has 1 aromatic carbocycles. The number of nitrogens with zero attached hydrogens (tertiary/aromatic N) is 3. The average molecular weight is 341 g/mol. The third-order valence-corrected chi connectivity index (χ3v) is 5.86. The summed E-state index contributed by atoms with van der Waals surface area (Å²) in [6.45, 7) is 5.53. The third kappa shape index (κ3) is 2.79. The zero-order valence-electron chi connectivity index (χ0n) is 15.0. The van der Waals surface area contributed by atoms with Crippen LogP contribution in [0.1, 0.15) is 66.2 Å². The van der Waals surface area contributed by atoms with Crippen LogP contribution in [0.4, 0.5) is 5.69 Å². The maximum Gasteiger partial charge on any atom is 0.257 e. The molecule has 0 spiro atoms. The summed E-state index contributed by atoms with van der Waals surface area (Å²) in [5.74, 6) is 0.235. The molecule has 5 heteroatoms. The van der Waals surface area contributed by atoms with Gasteiger partial charge >= 0.3 is 0 Å². The normalized spacial score (nSPS) is 23.3. The van der Waals surface area contributed by atoms with Gasteiger partial charge in [0, 0.05) is 31.7 Å². The van der Waals surface area contributed by atoms with Crippen molar-refractivity contribution in [1.29, 1.82) is 0 Å². The summed E-state index contributed by atoms with van der Waals surface area (Å²) in [6, 6.07) is 5.66. The number of likely N-dealkylation sites (tertiary alicyclic amines) is 1. The predicted molar refractivity (Wildman–Crippen MR) is 97.9 cm³/mol. The fourth-order valence-electron chi connectivity index (χ4n) is 4.53. The summed E-state index contributed by atoms with van der Waals surface area (Å²) >= 11 is 0. The van der Waals surface area contributed by atoms with Crippen LogP contribution in [-0.4, -0.2) is 54.0 Å². The molecule has 2 amide bonds. The molecule has 3 heterocycles. The highest BCUT2D eigenvalue weighted by molar-refractivity contribution is 6.04. The topological polar surface area (TPSA) is 43.9 Å². The molecule has 3 aliphatic heterocycles. The van der Waals surface area contributed by atoms with Crippen LogP contribution in [-0.2, 0) is 0 Å². The second kappa shape index (κ2) is 6.70. The van der Waals surface area contributed by atoms with Gasteiger partial charge in [-0.15, -0.1) is 0 Å². The van der Waals surface area contributed by atoms with Gasteiger partial charge in [0.05, 0.1) is 11.3 Å². The van der Waals surface area contributed by atoms with Crippen LogP contribution in [0, 0.1) is 0 Å². The first-order valence-electron chi connectivity index (χ1n) is 9.71. The largest absolute Gasteiger partial charge is 0.351 e. The number of carbonyl (C=O) groups excluding carboxylic acids is 2. The maximum atomic E-state index is 13.0. The molecular formula is C20H27N3O2. The minimum Gasteiger partial charge on any atom is -0.351 e. The SMILES string of the molecule is CCN1c2cc(C(=O)N3CCCC3)ccc2C(=O)N2CCCCCC21. The number of anilines is 1. The molecule has 0 N–H and O–H groups in total. The molecule has 3 aliphatic rings. The smallest absolute Gasteiger partial charge is 0.257 e. The van der Waals surface area contributed by atoms with Gasteiger partial charge < -0.3 is 14.7 Å². The van der Waals surface area contributed by atoms with E-state index < -0.39 is 0 Å². The van der Waals surface area contributed by atoms with Gasteiger partial charge in [0.2, 0.25) is 0 Å². The Bertz CT molecular complexity index is 682. The molecule has 0 aromatic heterocycles. The van der Waals surface area contributed by atoms with E-state index in [0.29, 0.717) is 5.56 Å². The van der Waals surface area contributed by atoms with E-state index in [1.165, 1.54) is 6.42 Å². The van der Waals surface area contributed by atoms with Crippen molar-refractivity contribution < 1.29 is 9.59 Å². The first kappa shape index (κ1) is 16.4. The zero-order chi connectivity index (χ0) is 17.4. The van der Waals surface area contributed by atoms with E-state index in [2.05, 4.69) is 11.8 Å². The molecule has 0 aliphatic carbocycles. The van der Waals surface area contributed by atoms with E-state index in [-0.39, 0.29) is 18.0 Å². The molecule has 0 bridgehead atoms. The minimum atomic E-state index is 0.104. The van der Waals surface area contributed by atoms with E-state index in [1.807, 2.05) is 28.0 Å². The van der Waals surface area contributed by atoms with Gasteiger partial charge in [-0.1, -0.05) is 6.42 Å². The first-order valence-corrected chi connectivity index (χ1v) is 9.71. The molecule has 0 radical (unpaired) electrons. The molecule has 25 heavy (non-hydrogen) atoms. The number of hydrogen-bond acceptors (Lipinski definition) is 3. The number of carbonyl (C=O) groups is 2. The highest BCUT2D eigenvalue weighted by Gasteiger charge is 2.37. The highest BCUT2D eigenvalue weighted by Crippen LogP contribution is 2.35. The van der Waals surface area contributed by atoms with Crippen molar-refractivity contribution >= 4 is 17.5 Å². The monoisotopic (exact) mass is 341 g/mol. The lowest BCUT2D eigenvalue weighted by Gasteiger charge is -2.44. The number of amides is 2. The zero-order valence-corrected chi connectivity index (χ0v) is 15.0. The van der Waals surface area contributed by atoms with E-state index in [1.54, 1.807) is 0 Å². The summed E-state index contributed by atoms with van der Waals surface area (Å²) in [4.78, 5) is 32.1. The Labute approximate surface area is 149 Å². The van der Waals surface area contributed by atoms with Crippen molar-refractivity contribution in [2.45, 2.75) is 51.6 Å². The van der Waals surface area contributed by atoms with Gasteiger partial charge in [0.25, 0.3) is 11.8 Å². The summed E-state index contributed by atoms with van der Waals surface area (Å²) < 4.78 is 0. The van der Waals surface area contributed by atoms with Crippen LogP contribution in [0.25, 0.3) is 0 Å². The van der Waals surface area contributed by atoms with E-state index >= 15 is 0 Å². The Morgan fingerprint density at radius 3 is 2.60 bits per heavy atom. The van der Waals surface area contributed by atoms with Crippen LogP contribution < -0.4 is 4.90 Å². The van der Waals surface area contributed by atoms with Crippen molar-refractivity contribution in [3.63, 3.8) is 0 Å². The van der Waals surface area contributed by atoms with Gasteiger partial charge in [-0.25, -0.2) is 0 Å². The minimum absolute atomic E-state index is 0.104. The lowest BCUT2D eigenvalue weighted by Crippen LogP contribution is -2.55. The molecular weight excluding hydrogens is 314 g/mol. The number of hydrogen-bond donors (Lipinski definition) is 0. The molecule has 5 nitrogen and oxygen atoms in total. The molecule has 2 fully saturated rings. The van der Waals surface area contributed by atoms with Gasteiger partial charge in [0.1, 0.15) is 6.17 Å². The Morgan fingerprint density at radius 1 is 1.08 bits per heavy atom. The average Bonchev–Trinajstić information content (AvgIpc) is 3.06. The molecule has 4 rings (SSSR count). The molecule has 2 saturated heterocycles. The van der Waals surface area contributed by atoms with Crippen molar-refractivity contribution in [2.75, 3.05) is 31.1 Å². The second-order valence-electron chi connectivity index (χ2n) is 7.35. The molecule has 1 unspecified atom stereocenters. The summed E-state index contributed by atoms with van der Waals surface area (Å²) in [6.07, 6.45) is 6.77. The van der Waals surface area contributed by atoms with Crippen LogP contribution >= 0.6 is 0 Å². The molecule has 1 aromatic rings. The summed E-state index contributed by atoms with van der Waals surface area (Å²) in [5, 5.41) is 0. The van der Waals surface area contributed by atoms with Crippen molar-refractivity contribution in [3.05, 3.63) is 29.3 Å². The van der Waals surface area contributed by atoms with Crippen molar-refractivity contribution in [1.82, 2.24) is 9.80 Å². The van der Waals surface area contributed by atoms with Gasteiger partial charge in [-0.2, -0.15) is 0 Å². The highest BCUT2D eigenvalue weighted by atomic mass is 16.2. The lowest BCUT2D eigenvalue weighted by molar-refractivity contribution is 0.0655. The predicted octanol–water partition coefficient (Wildman–Crippen LogP) is 3.10.